The van der Waals surface area contributed by atoms with Gasteiger partial charge in [-0.25, -0.2) is 4.98 Å². The number of ether oxygens (including phenoxy) is 2. The van der Waals surface area contributed by atoms with E-state index in [1.807, 2.05) is 11.8 Å². The van der Waals surface area contributed by atoms with Crippen LogP contribution in [-0.2, 0) is 12.4 Å². The molecule has 3 rings (SSSR count). The van der Waals surface area contributed by atoms with Crippen LogP contribution in [0.4, 0.5) is 32.2 Å². The molecule has 0 atom stereocenters. The van der Waals surface area contributed by atoms with Crippen molar-refractivity contribution < 1.29 is 35.8 Å². The Bertz CT molecular complexity index is 860. The highest BCUT2D eigenvalue weighted by Crippen LogP contribution is 2.37. The zero-order chi connectivity index (χ0) is 22.6. The molecule has 1 aromatic carbocycles. The van der Waals surface area contributed by atoms with Crippen molar-refractivity contribution in [2.75, 3.05) is 24.6 Å². The van der Waals surface area contributed by atoms with Crippen LogP contribution in [0.1, 0.15) is 37.3 Å². The third-order valence-electron chi connectivity index (χ3n) is 4.87. The van der Waals surface area contributed by atoms with Gasteiger partial charge in [-0.05, 0) is 36.8 Å². The fraction of sp³-hybridized carbons (Fsp3) is 0.476. The van der Waals surface area contributed by atoms with Crippen LogP contribution in [-0.4, -0.2) is 30.8 Å². The van der Waals surface area contributed by atoms with E-state index >= 15 is 0 Å². The minimum absolute atomic E-state index is 0.0449. The number of alkyl halides is 6. The van der Waals surface area contributed by atoms with Crippen molar-refractivity contribution in [1.82, 2.24) is 4.98 Å². The van der Waals surface area contributed by atoms with Crippen LogP contribution in [0.25, 0.3) is 0 Å². The number of halogens is 6. The molecule has 0 N–H and O–H groups in total. The normalized spacial score (nSPS) is 15.8. The number of aromatic nitrogens is 1. The second-order valence-corrected chi connectivity index (χ2v) is 7.21. The fourth-order valence-corrected chi connectivity index (χ4v) is 3.23. The Morgan fingerprint density at radius 1 is 0.935 bits per heavy atom. The van der Waals surface area contributed by atoms with Gasteiger partial charge in [-0.3, -0.25) is 0 Å². The number of benzene rings is 1. The maximum absolute atomic E-state index is 13.0. The molecule has 0 unspecified atom stereocenters. The van der Waals surface area contributed by atoms with Gasteiger partial charge in [0.2, 0.25) is 0 Å². The van der Waals surface area contributed by atoms with Crippen LogP contribution >= 0.6 is 0 Å². The quantitative estimate of drug-likeness (QED) is 0.511. The topological polar surface area (TPSA) is 34.6 Å². The van der Waals surface area contributed by atoms with E-state index in [9.17, 15) is 26.3 Å². The van der Waals surface area contributed by atoms with Gasteiger partial charge in [0.15, 0.2) is 11.5 Å². The number of hydrogen-bond donors (Lipinski definition) is 0. The van der Waals surface area contributed by atoms with Crippen molar-refractivity contribution in [2.24, 2.45) is 0 Å². The first-order chi connectivity index (χ1) is 14.6. The van der Waals surface area contributed by atoms with Crippen LogP contribution in [0, 0.1) is 0 Å². The number of nitrogens with zero attached hydrogens (tertiary/aromatic N) is 2. The van der Waals surface area contributed by atoms with Crippen LogP contribution in [0.15, 0.2) is 36.5 Å². The number of pyridine rings is 1. The summed E-state index contributed by atoms with van der Waals surface area (Å²) in [5.41, 5.74) is -1.62. The summed E-state index contributed by atoms with van der Waals surface area (Å²) in [6, 6.07) is 5.47. The number of anilines is 1. The third kappa shape index (κ3) is 5.95. The van der Waals surface area contributed by atoms with Crippen molar-refractivity contribution in [1.29, 1.82) is 0 Å². The summed E-state index contributed by atoms with van der Waals surface area (Å²) in [5, 5.41) is 0. The lowest BCUT2D eigenvalue weighted by molar-refractivity contribution is -0.138. The van der Waals surface area contributed by atoms with Gasteiger partial charge in [-0.1, -0.05) is 6.92 Å². The first-order valence-corrected chi connectivity index (χ1v) is 9.87. The number of rotatable bonds is 6. The Morgan fingerprint density at radius 2 is 1.58 bits per heavy atom. The summed E-state index contributed by atoms with van der Waals surface area (Å²) in [6.07, 6.45) is -6.67. The van der Waals surface area contributed by atoms with Gasteiger partial charge in [0.25, 0.3) is 0 Å². The lowest BCUT2D eigenvalue weighted by atomic mass is 10.1. The van der Waals surface area contributed by atoms with E-state index < -0.39 is 23.5 Å². The maximum Gasteiger partial charge on any atom is 0.417 e. The third-order valence-corrected chi connectivity index (χ3v) is 4.87. The van der Waals surface area contributed by atoms with Crippen LogP contribution in [0.3, 0.4) is 0 Å². The SMILES string of the molecule is CCCOc1cc(C(F)(F)F)ccc1OC1CCN(c2ccc(C(F)(F)F)cn2)CC1. The molecule has 31 heavy (non-hydrogen) atoms. The molecule has 2 aromatic rings. The largest absolute Gasteiger partial charge is 0.490 e. The average Bonchev–Trinajstić information content (AvgIpc) is 2.72. The van der Waals surface area contributed by atoms with Crippen molar-refractivity contribution in [3.8, 4) is 11.5 Å². The molecular weight excluding hydrogens is 426 g/mol. The maximum atomic E-state index is 13.0. The highest BCUT2D eigenvalue weighted by atomic mass is 19.4. The number of piperidine rings is 1. The summed E-state index contributed by atoms with van der Waals surface area (Å²) in [5.74, 6) is 0.726. The van der Waals surface area contributed by atoms with Crippen molar-refractivity contribution in [3.05, 3.63) is 47.7 Å². The molecule has 0 bridgehead atoms. The zero-order valence-corrected chi connectivity index (χ0v) is 16.8. The lowest BCUT2D eigenvalue weighted by Gasteiger charge is -2.33. The molecule has 1 aliphatic heterocycles. The van der Waals surface area contributed by atoms with E-state index in [0.29, 0.717) is 38.2 Å². The summed E-state index contributed by atoms with van der Waals surface area (Å²) in [4.78, 5) is 5.75. The summed E-state index contributed by atoms with van der Waals surface area (Å²) in [7, 11) is 0. The predicted octanol–water partition coefficient (Wildman–Crippen LogP) is 5.96. The molecule has 10 heteroatoms. The molecule has 0 radical (unpaired) electrons. The van der Waals surface area contributed by atoms with Gasteiger partial charge in [-0.2, -0.15) is 26.3 Å². The summed E-state index contributed by atoms with van der Waals surface area (Å²) >= 11 is 0. The molecule has 2 heterocycles. The first kappa shape index (κ1) is 23.0. The van der Waals surface area contributed by atoms with Gasteiger partial charge in [-0.15, -0.1) is 0 Å². The highest BCUT2D eigenvalue weighted by Gasteiger charge is 2.33. The smallest absolute Gasteiger partial charge is 0.417 e. The first-order valence-electron chi connectivity index (χ1n) is 9.87. The molecule has 170 valence electrons. The van der Waals surface area contributed by atoms with E-state index in [1.165, 1.54) is 12.1 Å². The second-order valence-electron chi connectivity index (χ2n) is 7.21. The molecule has 0 amide bonds. The number of hydrogen-bond acceptors (Lipinski definition) is 4. The van der Waals surface area contributed by atoms with E-state index in [-0.39, 0.29) is 24.2 Å². The standard InChI is InChI=1S/C21H22F6N2O2/c1-2-11-30-18-12-14(20(22,23)24)3-5-17(18)31-16-7-9-29(10-8-16)19-6-4-15(13-28-19)21(25,26)27/h3-6,12-13,16H,2,7-11H2,1H3. The molecule has 0 saturated carbocycles. The Balaban J connectivity index is 1.64. The Labute approximate surface area is 175 Å². The van der Waals surface area contributed by atoms with Crippen molar-refractivity contribution in [2.45, 2.75) is 44.6 Å². The Morgan fingerprint density at radius 3 is 2.13 bits per heavy atom. The van der Waals surface area contributed by atoms with Gasteiger partial charge >= 0.3 is 12.4 Å². The van der Waals surface area contributed by atoms with Crippen LogP contribution in [0.2, 0.25) is 0 Å². The van der Waals surface area contributed by atoms with E-state index in [1.54, 1.807) is 0 Å². The van der Waals surface area contributed by atoms with Gasteiger partial charge < -0.3 is 14.4 Å². The van der Waals surface area contributed by atoms with Gasteiger partial charge in [0.1, 0.15) is 11.9 Å². The van der Waals surface area contributed by atoms with Crippen molar-refractivity contribution in [3.63, 3.8) is 0 Å². The fourth-order valence-electron chi connectivity index (χ4n) is 3.23. The Hall–Kier alpha value is -2.65. The molecule has 1 saturated heterocycles. The molecule has 1 aromatic heterocycles. The van der Waals surface area contributed by atoms with E-state index in [2.05, 4.69) is 4.98 Å². The van der Waals surface area contributed by atoms with E-state index in [4.69, 9.17) is 9.47 Å². The zero-order valence-electron chi connectivity index (χ0n) is 16.8. The molecule has 1 fully saturated rings. The van der Waals surface area contributed by atoms with Crippen LogP contribution in [0.5, 0.6) is 11.5 Å². The molecule has 0 aliphatic carbocycles. The van der Waals surface area contributed by atoms with E-state index in [0.717, 1.165) is 24.4 Å². The van der Waals surface area contributed by atoms with Crippen LogP contribution < -0.4 is 14.4 Å². The molecular formula is C21H22F6N2O2. The molecule has 0 spiro atoms. The predicted molar refractivity (Wildman–Crippen MR) is 102 cm³/mol. The average molecular weight is 448 g/mol. The van der Waals surface area contributed by atoms with Crippen molar-refractivity contribution >= 4 is 5.82 Å². The summed E-state index contributed by atoms with van der Waals surface area (Å²) < 4.78 is 88.4. The Kier molecular flexibility index (Phi) is 6.86. The molecule has 1 aliphatic rings. The minimum Gasteiger partial charge on any atom is -0.490 e. The molecule has 4 nitrogen and oxygen atoms in total. The lowest BCUT2D eigenvalue weighted by Crippen LogP contribution is -2.38. The monoisotopic (exact) mass is 448 g/mol. The van der Waals surface area contributed by atoms with Gasteiger partial charge in [0, 0.05) is 32.1 Å². The van der Waals surface area contributed by atoms with Gasteiger partial charge in [0.05, 0.1) is 17.7 Å². The summed E-state index contributed by atoms with van der Waals surface area (Å²) in [6.45, 7) is 3.10. The highest BCUT2D eigenvalue weighted by molar-refractivity contribution is 5.44. The minimum atomic E-state index is -4.48. The second kappa shape index (κ2) is 9.23.